The Kier molecular flexibility index (Phi) is 6.31. The first-order valence-corrected chi connectivity index (χ1v) is 10.8. The number of aliphatic hydroxyl groups excluding tert-OH is 1. The first-order chi connectivity index (χ1) is 15.4. The van der Waals surface area contributed by atoms with Crippen molar-refractivity contribution in [2.45, 2.75) is 57.7 Å². The number of rotatable bonds is 7. The molecule has 0 amide bonds. The van der Waals surface area contributed by atoms with Crippen LogP contribution in [0.15, 0.2) is 18.5 Å². The van der Waals surface area contributed by atoms with Crippen molar-refractivity contribution in [3.8, 4) is 11.5 Å². The quantitative estimate of drug-likeness (QED) is 0.502. The maximum atomic E-state index is 14.3. The van der Waals surface area contributed by atoms with Crippen LogP contribution in [-0.2, 0) is 0 Å². The number of fused-ring (bicyclic) bond motifs is 1. The summed E-state index contributed by atoms with van der Waals surface area (Å²) in [5, 5.41) is 16.4. The van der Waals surface area contributed by atoms with Crippen molar-refractivity contribution >= 4 is 28.6 Å². The van der Waals surface area contributed by atoms with Crippen molar-refractivity contribution in [3.05, 3.63) is 24.3 Å². The minimum Gasteiger partial charge on any atom is -0.493 e. The van der Waals surface area contributed by atoms with E-state index in [2.05, 4.69) is 34.4 Å². The fourth-order valence-electron chi connectivity index (χ4n) is 3.93. The second-order valence-electron chi connectivity index (χ2n) is 8.28. The largest absolute Gasteiger partial charge is 0.493 e. The van der Waals surface area contributed by atoms with Crippen LogP contribution < -0.4 is 20.1 Å². The number of nitrogens with one attached hydrogen (secondary N) is 2. The zero-order chi connectivity index (χ0) is 22.8. The predicted molar refractivity (Wildman–Crippen MR) is 120 cm³/mol. The smallest absolute Gasteiger partial charge is 0.227 e. The van der Waals surface area contributed by atoms with Crippen molar-refractivity contribution in [2.75, 3.05) is 24.9 Å². The number of halogens is 1. The molecule has 9 nitrogen and oxygen atoms in total. The average Bonchev–Trinajstić information content (AvgIpc) is 3.21. The first kappa shape index (κ1) is 22.1. The van der Waals surface area contributed by atoms with Crippen LogP contribution in [0.4, 0.5) is 21.8 Å². The van der Waals surface area contributed by atoms with Gasteiger partial charge in [0.05, 0.1) is 26.7 Å². The van der Waals surface area contributed by atoms with Gasteiger partial charge < -0.3 is 29.8 Å². The third-order valence-corrected chi connectivity index (χ3v) is 5.72. The Morgan fingerprint density at radius 3 is 2.34 bits per heavy atom. The molecule has 172 valence electrons. The molecular formula is C22H29FN6O3. The Bertz CT molecular complexity index is 1070. The number of hydrogen-bond donors (Lipinski definition) is 3. The third-order valence-electron chi connectivity index (χ3n) is 5.72. The molecule has 1 saturated carbocycles. The van der Waals surface area contributed by atoms with E-state index in [1.807, 2.05) is 4.57 Å². The van der Waals surface area contributed by atoms with Crippen LogP contribution in [-0.4, -0.2) is 51.0 Å². The Morgan fingerprint density at radius 2 is 1.75 bits per heavy atom. The van der Waals surface area contributed by atoms with Crippen molar-refractivity contribution in [1.82, 2.24) is 19.5 Å². The molecule has 32 heavy (non-hydrogen) atoms. The van der Waals surface area contributed by atoms with Crippen LogP contribution >= 0.6 is 0 Å². The van der Waals surface area contributed by atoms with Crippen LogP contribution in [0.1, 0.15) is 45.6 Å². The number of benzene rings is 1. The second kappa shape index (κ2) is 9.15. The fourth-order valence-corrected chi connectivity index (χ4v) is 3.93. The van der Waals surface area contributed by atoms with Crippen LogP contribution in [0.2, 0.25) is 0 Å². The summed E-state index contributed by atoms with van der Waals surface area (Å²) in [7, 11) is 2.80. The van der Waals surface area contributed by atoms with Gasteiger partial charge in [-0.1, -0.05) is 0 Å². The number of nitrogens with zero attached hydrogens (tertiary/aromatic N) is 4. The van der Waals surface area contributed by atoms with Gasteiger partial charge >= 0.3 is 0 Å². The number of ether oxygens (including phenoxy) is 2. The maximum Gasteiger partial charge on any atom is 0.227 e. The third kappa shape index (κ3) is 4.40. The molecule has 2 heterocycles. The number of hydrogen-bond acceptors (Lipinski definition) is 8. The normalized spacial score (nSPS) is 18.7. The Hall–Kier alpha value is -3.14. The number of aromatic nitrogens is 4. The van der Waals surface area contributed by atoms with E-state index in [1.165, 1.54) is 14.2 Å². The molecule has 0 aliphatic heterocycles. The molecule has 0 bridgehead atoms. The number of methoxy groups -OCH3 is 2. The topological polar surface area (TPSA) is 106 Å². The molecular weight excluding hydrogens is 415 g/mol. The summed E-state index contributed by atoms with van der Waals surface area (Å²) >= 11 is 0. The number of aliphatic hydroxyl groups is 1. The van der Waals surface area contributed by atoms with E-state index in [0.717, 1.165) is 25.7 Å². The molecule has 0 saturated heterocycles. The van der Waals surface area contributed by atoms with Crippen LogP contribution in [0, 0.1) is 5.82 Å². The Labute approximate surface area is 186 Å². The Morgan fingerprint density at radius 1 is 1.09 bits per heavy atom. The lowest BCUT2D eigenvalue weighted by Crippen LogP contribution is -2.29. The highest BCUT2D eigenvalue weighted by Crippen LogP contribution is 2.34. The summed E-state index contributed by atoms with van der Waals surface area (Å²) in [6.45, 7) is 4.11. The molecule has 4 rings (SSSR count). The lowest BCUT2D eigenvalue weighted by atomic mass is 9.93. The van der Waals surface area contributed by atoms with Gasteiger partial charge in [-0.15, -0.1) is 0 Å². The summed E-state index contributed by atoms with van der Waals surface area (Å²) in [4.78, 5) is 13.9. The molecule has 0 unspecified atom stereocenters. The minimum absolute atomic E-state index is 0.0592. The molecule has 0 radical (unpaired) electrons. The lowest BCUT2D eigenvalue weighted by Gasteiger charge is -2.26. The van der Waals surface area contributed by atoms with E-state index in [0.29, 0.717) is 28.6 Å². The molecule has 1 fully saturated rings. The minimum atomic E-state index is -0.570. The zero-order valence-electron chi connectivity index (χ0n) is 18.7. The standard InChI is InChI=1S/C22H29FN6O3/c1-12(2)29-11-24-19-20(25-14-9-16(31-3)18(23)17(10-14)32-4)27-22(28-21(19)29)26-13-5-7-15(30)8-6-13/h9-13,15,30H,5-8H2,1-4H3,(H2,25,26,27,28). The number of imidazole rings is 1. The van der Waals surface area contributed by atoms with Gasteiger partial charge in [0, 0.05) is 29.9 Å². The summed E-state index contributed by atoms with van der Waals surface area (Å²) in [5.41, 5.74) is 1.84. The molecule has 1 aliphatic rings. The first-order valence-electron chi connectivity index (χ1n) is 10.8. The van der Waals surface area contributed by atoms with Crippen LogP contribution in [0.3, 0.4) is 0 Å². The maximum absolute atomic E-state index is 14.3. The van der Waals surface area contributed by atoms with E-state index in [-0.39, 0.29) is 29.7 Å². The van der Waals surface area contributed by atoms with Gasteiger partial charge in [-0.25, -0.2) is 4.98 Å². The van der Waals surface area contributed by atoms with Gasteiger partial charge in [0.1, 0.15) is 0 Å². The molecule has 10 heteroatoms. The number of anilines is 3. The van der Waals surface area contributed by atoms with Crippen LogP contribution in [0.5, 0.6) is 11.5 Å². The van der Waals surface area contributed by atoms with E-state index in [1.54, 1.807) is 18.5 Å². The van der Waals surface area contributed by atoms with Gasteiger partial charge in [0.2, 0.25) is 11.8 Å². The molecule has 3 N–H and O–H groups in total. The van der Waals surface area contributed by atoms with Gasteiger partial charge in [-0.05, 0) is 39.5 Å². The van der Waals surface area contributed by atoms with E-state index >= 15 is 0 Å². The summed E-state index contributed by atoms with van der Waals surface area (Å²) in [6.07, 6.45) is 4.71. The van der Waals surface area contributed by atoms with Crippen LogP contribution in [0.25, 0.3) is 11.2 Å². The summed E-state index contributed by atoms with van der Waals surface area (Å²) < 4.78 is 26.6. The van der Waals surface area contributed by atoms with Crippen molar-refractivity contribution in [2.24, 2.45) is 0 Å². The molecule has 1 aliphatic carbocycles. The highest BCUT2D eigenvalue weighted by Gasteiger charge is 2.22. The molecule has 1 aromatic carbocycles. The summed E-state index contributed by atoms with van der Waals surface area (Å²) in [5.74, 6) is 0.514. The predicted octanol–water partition coefficient (Wildman–Crippen LogP) is 4.02. The van der Waals surface area contributed by atoms with E-state index < -0.39 is 5.82 Å². The van der Waals surface area contributed by atoms with E-state index in [9.17, 15) is 9.50 Å². The molecule has 0 atom stereocenters. The average molecular weight is 445 g/mol. The fraction of sp³-hybridized carbons (Fsp3) is 0.500. The van der Waals surface area contributed by atoms with Crippen molar-refractivity contribution < 1.29 is 19.0 Å². The SMILES string of the molecule is COc1cc(Nc2nc(NC3CCC(O)CC3)nc3c2ncn3C(C)C)cc(OC)c1F. The molecule has 2 aromatic heterocycles. The zero-order valence-corrected chi connectivity index (χ0v) is 18.7. The van der Waals surface area contributed by atoms with Crippen molar-refractivity contribution in [1.29, 1.82) is 0 Å². The van der Waals surface area contributed by atoms with E-state index in [4.69, 9.17) is 14.5 Å². The van der Waals surface area contributed by atoms with Crippen molar-refractivity contribution in [3.63, 3.8) is 0 Å². The summed E-state index contributed by atoms with van der Waals surface area (Å²) in [6, 6.07) is 3.43. The van der Waals surface area contributed by atoms with Gasteiger partial charge in [-0.2, -0.15) is 14.4 Å². The highest BCUT2D eigenvalue weighted by molar-refractivity contribution is 5.87. The Balaban J connectivity index is 1.73. The lowest BCUT2D eigenvalue weighted by molar-refractivity contribution is 0.126. The second-order valence-corrected chi connectivity index (χ2v) is 8.28. The monoisotopic (exact) mass is 444 g/mol. The van der Waals surface area contributed by atoms with Gasteiger partial charge in [0.15, 0.2) is 28.5 Å². The molecule has 0 spiro atoms. The molecule has 3 aromatic rings. The van der Waals surface area contributed by atoms with Gasteiger partial charge in [-0.3, -0.25) is 0 Å². The van der Waals surface area contributed by atoms with Gasteiger partial charge in [0.25, 0.3) is 0 Å². The highest BCUT2D eigenvalue weighted by atomic mass is 19.1.